The van der Waals surface area contributed by atoms with Gasteiger partial charge in [-0.05, 0) is 13.0 Å². The third-order valence-corrected chi connectivity index (χ3v) is 2.58. The maximum atomic E-state index is 11.8. The monoisotopic (exact) mass is 196 g/mol. The zero-order chi connectivity index (χ0) is 9.97. The predicted octanol–water partition coefficient (Wildman–Crippen LogP) is -0.829. The maximum absolute atomic E-state index is 11.8. The number of aromatic nitrogens is 2. The van der Waals surface area contributed by atoms with Crippen LogP contribution in [0.2, 0.25) is 0 Å². The first-order valence-electron chi connectivity index (χ1n) is 5.04. The first kappa shape index (κ1) is 9.48. The summed E-state index contributed by atoms with van der Waals surface area (Å²) < 4.78 is 1.67. The molecule has 1 aromatic rings. The number of aromatic amines is 1. The Morgan fingerprint density at radius 1 is 1.50 bits per heavy atom. The van der Waals surface area contributed by atoms with Crippen molar-refractivity contribution >= 4 is 0 Å². The molecular formula is C9H16N4O. The molecule has 1 aromatic heterocycles. The fraction of sp³-hybridized carbons (Fsp3) is 0.667. The molecule has 0 aromatic carbocycles. The largest absolute Gasteiger partial charge is 0.330 e. The van der Waals surface area contributed by atoms with Crippen LogP contribution in [0, 0.1) is 0 Å². The van der Waals surface area contributed by atoms with E-state index in [2.05, 4.69) is 10.4 Å². The number of aryl methyl sites for hydroxylation is 1. The van der Waals surface area contributed by atoms with Gasteiger partial charge in [-0.2, -0.15) is 0 Å². The van der Waals surface area contributed by atoms with Gasteiger partial charge < -0.3 is 11.1 Å². The van der Waals surface area contributed by atoms with E-state index in [0.29, 0.717) is 19.6 Å². The van der Waals surface area contributed by atoms with E-state index in [0.717, 1.165) is 30.6 Å². The summed E-state index contributed by atoms with van der Waals surface area (Å²) in [5, 5.41) is 6.34. The summed E-state index contributed by atoms with van der Waals surface area (Å²) in [6, 6.07) is 0. The lowest BCUT2D eigenvalue weighted by atomic mass is 10.1. The number of hydrogen-bond donors (Lipinski definition) is 3. The highest BCUT2D eigenvalue weighted by Gasteiger charge is 2.16. The topological polar surface area (TPSA) is 75.8 Å². The lowest BCUT2D eigenvalue weighted by Crippen LogP contribution is -2.27. The Morgan fingerprint density at radius 3 is 3.07 bits per heavy atom. The van der Waals surface area contributed by atoms with Crippen molar-refractivity contribution in [1.29, 1.82) is 0 Å². The molecule has 0 saturated carbocycles. The van der Waals surface area contributed by atoms with Gasteiger partial charge in [-0.25, -0.2) is 0 Å². The second kappa shape index (κ2) is 3.98. The molecule has 2 heterocycles. The maximum Gasteiger partial charge on any atom is 0.271 e. The van der Waals surface area contributed by atoms with Gasteiger partial charge in [-0.3, -0.25) is 14.6 Å². The first-order chi connectivity index (χ1) is 6.83. The molecule has 0 fully saturated rings. The molecule has 1 aliphatic rings. The van der Waals surface area contributed by atoms with Crippen molar-refractivity contribution in [3.8, 4) is 0 Å². The van der Waals surface area contributed by atoms with Crippen molar-refractivity contribution < 1.29 is 0 Å². The van der Waals surface area contributed by atoms with Crippen LogP contribution < -0.4 is 16.6 Å². The molecule has 78 valence electrons. The lowest BCUT2D eigenvalue weighted by molar-refractivity contribution is 0.562. The van der Waals surface area contributed by atoms with Crippen molar-refractivity contribution in [2.45, 2.75) is 25.9 Å². The Labute approximate surface area is 82.3 Å². The van der Waals surface area contributed by atoms with Crippen LogP contribution in [-0.2, 0) is 19.5 Å². The smallest absolute Gasteiger partial charge is 0.271 e. The molecule has 5 nitrogen and oxygen atoms in total. The number of nitrogens with two attached hydrogens (primary N) is 1. The molecule has 4 N–H and O–H groups in total. The molecule has 0 saturated heterocycles. The average Bonchev–Trinajstić information content (AvgIpc) is 2.54. The van der Waals surface area contributed by atoms with Gasteiger partial charge in [0.25, 0.3) is 5.56 Å². The molecule has 0 aliphatic carbocycles. The van der Waals surface area contributed by atoms with Crippen LogP contribution in [-0.4, -0.2) is 22.9 Å². The lowest BCUT2D eigenvalue weighted by Gasteiger charge is -2.09. The van der Waals surface area contributed by atoms with Crippen molar-refractivity contribution in [1.82, 2.24) is 15.1 Å². The third-order valence-electron chi connectivity index (χ3n) is 2.58. The summed E-state index contributed by atoms with van der Waals surface area (Å²) in [5.74, 6) is 0. The summed E-state index contributed by atoms with van der Waals surface area (Å²) in [6.45, 7) is 2.96. The zero-order valence-corrected chi connectivity index (χ0v) is 8.18. The summed E-state index contributed by atoms with van der Waals surface area (Å²) >= 11 is 0. The summed E-state index contributed by atoms with van der Waals surface area (Å²) in [7, 11) is 0. The van der Waals surface area contributed by atoms with Gasteiger partial charge in [0.05, 0.1) is 5.56 Å². The van der Waals surface area contributed by atoms with E-state index in [1.807, 2.05) is 0 Å². The molecule has 0 amide bonds. The van der Waals surface area contributed by atoms with E-state index in [1.165, 1.54) is 0 Å². The normalized spacial score (nSPS) is 15.5. The van der Waals surface area contributed by atoms with E-state index >= 15 is 0 Å². The van der Waals surface area contributed by atoms with Gasteiger partial charge >= 0.3 is 0 Å². The van der Waals surface area contributed by atoms with Crippen molar-refractivity contribution in [2.24, 2.45) is 5.73 Å². The zero-order valence-electron chi connectivity index (χ0n) is 8.18. The minimum atomic E-state index is 0.112. The standard InChI is InChI=1S/C9H16N4O/c10-3-1-5-13-9(14)7-6-11-4-2-8(7)12-13/h11-12H,1-6,10H2. The molecule has 5 heteroatoms. The van der Waals surface area contributed by atoms with Crippen LogP contribution in [0.3, 0.4) is 0 Å². The van der Waals surface area contributed by atoms with Gasteiger partial charge in [0.15, 0.2) is 0 Å². The molecule has 0 spiro atoms. The van der Waals surface area contributed by atoms with E-state index in [-0.39, 0.29) is 5.56 Å². The quantitative estimate of drug-likeness (QED) is 0.590. The van der Waals surface area contributed by atoms with Crippen LogP contribution in [0.25, 0.3) is 0 Å². The number of nitrogens with zero attached hydrogens (tertiary/aromatic N) is 1. The summed E-state index contributed by atoms with van der Waals surface area (Å²) in [5.41, 5.74) is 7.50. The van der Waals surface area contributed by atoms with Gasteiger partial charge in [0.2, 0.25) is 0 Å². The molecule has 1 aliphatic heterocycles. The highest BCUT2D eigenvalue weighted by Crippen LogP contribution is 2.06. The van der Waals surface area contributed by atoms with E-state index in [4.69, 9.17) is 5.73 Å². The van der Waals surface area contributed by atoms with Gasteiger partial charge in [-0.15, -0.1) is 0 Å². The van der Waals surface area contributed by atoms with Gasteiger partial charge in [-0.1, -0.05) is 0 Å². The predicted molar refractivity (Wildman–Crippen MR) is 54.1 cm³/mol. The summed E-state index contributed by atoms with van der Waals surface area (Å²) in [6.07, 6.45) is 1.76. The van der Waals surface area contributed by atoms with Crippen LogP contribution in [0.4, 0.5) is 0 Å². The minimum absolute atomic E-state index is 0.112. The Balaban J connectivity index is 2.25. The van der Waals surface area contributed by atoms with Crippen molar-refractivity contribution in [3.63, 3.8) is 0 Å². The molecule has 2 rings (SSSR count). The molecule has 0 radical (unpaired) electrons. The number of fused-ring (bicyclic) bond motifs is 1. The minimum Gasteiger partial charge on any atom is -0.330 e. The second-order valence-electron chi connectivity index (χ2n) is 3.59. The number of H-pyrrole nitrogens is 1. The van der Waals surface area contributed by atoms with Crippen LogP contribution in [0.15, 0.2) is 4.79 Å². The Morgan fingerprint density at radius 2 is 2.36 bits per heavy atom. The Bertz CT molecular complexity index is 365. The fourth-order valence-corrected chi connectivity index (χ4v) is 1.80. The first-order valence-corrected chi connectivity index (χ1v) is 5.04. The third kappa shape index (κ3) is 1.60. The van der Waals surface area contributed by atoms with Crippen LogP contribution in [0.1, 0.15) is 17.7 Å². The van der Waals surface area contributed by atoms with Gasteiger partial charge in [0, 0.05) is 31.7 Å². The molecule has 0 atom stereocenters. The van der Waals surface area contributed by atoms with E-state index in [9.17, 15) is 4.79 Å². The molecular weight excluding hydrogens is 180 g/mol. The van der Waals surface area contributed by atoms with Gasteiger partial charge in [0.1, 0.15) is 0 Å². The number of hydrogen-bond acceptors (Lipinski definition) is 3. The van der Waals surface area contributed by atoms with Crippen LogP contribution >= 0.6 is 0 Å². The molecule has 0 bridgehead atoms. The number of nitrogens with one attached hydrogen (secondary N) is 2. The second-order valence-corrected chi connectivity index (χ2v) is 3.59. The number of rotatable bonds is 3. The molecule has 0 unspecified atom stereocenters. The fourth-order valence-electron chi connectivity index (χ4n) is 1.80. The Hall–Kier alpha value is -1.07. The average molecular weight is 196 g/mol. The van der Waals surface area contributed by atoms with Crippen molar-refractivity contribution in [3.05, 3.63) is 21.6 Å². The van der Waals surface area contributed by atoms with E-state index < -0.39 is 0 Å². The SMILES string of the molecule is NCCCn1[nH]c2c(c1=O)CNCC2. The summed E-state index contributed by atoms with van der Waals surface area (Å²) in [4.78, 5) is 11.8. The van der Waals surface area contributed by atoms with Crippen LogP contribution in [0.5, 0.6) is 0 Å². The van der Waals surface area contributed by atoms with Crippen molar-refractivity contribution in [2.75, 3.05) is 13.1 Å². The van der Waals surface area contributed by atoms with E-state index in [1.54, 1.807) is 4.68 Å². The molecule has 14 heavy (non-hydrogen) atoms. The highest BCUT2D eigenvalue weighted by atomic mass is 16.1. The highest BCUT2D eigenvalue weighted by molar-refractivity contribution is 5.19. The Kier molecular flexibility index (Phi) is 2.69.